The summed E-state index contributed by atoms with van der Waals surface area (Å²) in [6, 6.07) is 0. The molecular weight excluding hydrogens is 268 g/mol. The maximum absolute atomic E-state index is 11.3. The molecule has 0 radical (unpaired) electrons. The third-order valence-electron chi connectivity index (χ3n) is 1.82. The summed E-state index contributed by atoms with van der Waals surface area (Å²) in [6.07, 6.45) is 0. The van der Waals surface area contributed by atoms with Gasteiger partial charge in [-0.25, -0.2) is 0 Å². The summed E-state index contributed by atoms with van der Waals surface area (Å²) in [6.45, 7) is 8.85. The van der Waals surface area contributed by atoms with Gasteiger partial charge in [0.15, 0.2) is 0 Å². The lowest BCUT2D eigenvalue weighted by Crippen LogP contribution is -2.31. The second-order valence-corrected chi connectivity index (χ2v) is 9.29. The van der Waals surface area contributed by atoms with Gasteiger partial charge in [0.05, 0.1) is 39.6 Å². The van der Waals surface area contributed by atoms with Crippen molar-refractivity contribution in [2.24, 2.45) is 0 Å². The van der Waals surface area contributed by atoms with Gasteiger partial charge in [-0.3, -0.25) is 4.79 Å². The summed E-state index contributed by atoms with van der Waals surface area (Å²) < 4.78 is 25.7. The molecule has 0 rings (SSSR count). The fourth-order valence-corrected chi connectivity index (χ4v) is 1.85. The minimum absolute atomic E-state index is 0.0159. The van der Waals surface area contributed by atoms with Crippen molar-refractivity contribution in [2.45, 2.75) is 19.6 Å². The Labute approximate surface area is 116 Å². The van der Waals surface area contributed by atoms with Crippen LogP contribution in [0.15, 0.2) is 0 Å². The summed E-state index contributed by atoms with van der Waals surface area (Å²) in [5, 5.41) is 0. The van der Waals surface area contributed by atoms with Crippen LogP contribution in [0.1, 0.15) is 0 Å². The van der Waals surface area contributed by atoms with Gasteiger partial charge < -0.3 is 23.4 Å². The Bertz CT molecular complexity index is 229. The molecule has 0 spiro atoms. The van der Waals surface area contributed by atoms with Gasteiger partial charge in [0.1, 0.15) is 6.61 Å². The van der Waals surface area contributed by atoms with Crippen LogP contribution in [0.2, 0.25) is 19.6 Å². The zero-order chi connectivity index (χ0) is 14.6. The minimum Gasteiger partial charge on any atom is -0.518 e. The molecule has 19 heavy (non-hydrogen) atoms. The quantitative estimate of drug-likeness (QED) is 0.396. The Balaban J connectivity index is 3.21. The Morgan fingerprint density at radius 2 is 1.32 bits per heavy atom. The molecule has 0 amide bonds. The van der Waals surface area contributed by atoms with Gasteiger partial charge in [-0.15, -0.1) is 0 Å². The van der Waals surface area contributed by atoms with Crippen molar-refractivity contribution in [3.05, 3.63) is 0 Å². The summed E-state index contributed by atoms with van der Waals surface area (Å²) in [5.41, 5.74) is 0. The smallest absolute Gasteiger partial charge is 0.318 e. The van der Waals surface area contributed by atoms with Crippen LogP contribution in [0.3, 0.4) is 0 Å². The second kappa shape index (κ2) is 11.4. The first-order chi connectivity index (χ1) is 8.95. The molecule has 0 aliphatic heterocycles. The summed E-state index contributed by atoms with van der Waals surface area (Å²) >= 11 is 0. The Morgan fingerprint density at radius 1 is 0.842 bits per heavy atom. The van der Waals surface area contributed by atoms with Gasteiger partial charge in [-0.05, 0) is 19.6 Å². The third-order valence-corrected chi connectivity index (χ3v) is 2.66. The number of ether oxygens (including phenoxy) is 4. The van der Waals surface area contributed by atoms with E-state index >= 15 is 0 Å². The van der Waals surface area contributed by atoms with Crippen molar-refractivity contribution in [3.8, 4) is 0 Å². The van der Waals surface area contributed by atoms with E-state index in [-0.39, 0.29) is 12.6 Å². The van der Waals surface area contributed by atoms with Crippen LogP contribution in [0, 0.1) is 0 Å². The summed E-state index contributed by atoms with van der Waals surface area (Å²) in [7, 11) is -0.176. The molecule has 0 aromatic heterocycles. The molecular formula is C12H26O6Si. The van der Waals surface area contributed by atoms with Crippen molar-refractivity contribution >= 4 is 14.3 Å². The molecule has 114 valence electrons. The molecule has 0 aliphatic rings. The van der Waals surface area contributed by atoms with Crippen LogP contribution < -0.4 is 0 Å². The lowest BCUT2D eigenvalue weighted by Gasteiger charge is -2.17. The molecule has 0 aliphatic carbocycles. The van der Waals surface area contributed by atoms with E-state index in [1.807, 2.05) is 19.6 Å². The van der Waals surface area contributed by atoms with E-state index in [0.717, 1.165) is 0 Å². The lowest BCUT2D eigenvalue weighted by molar-refractivity contribution is -0.140. The van der Waals surface area contributed by atoms with Crippen LogP contribution in [0.25, 0.3) is 0 Å². The first-order valence-electron chi connectivity index (χ1n) is 6.39. The van der Waals surface area contributed by atoms with Gasteiger partial charge in [0, 0.05) is 7.11 Å². The van der Waals surface area contributed by atoms with Gasteiger partial charge in [-0.2, -0.15) is 0 Å². The summed E-state index contributed by atoms with van der Waals surface area (Å²) in [4.78, 5) is 11.3. The van der Waals surface area contributed by atoms with Crippen molar-refractivity contribution < 1.29 is 28.2 Å². The van der Waals surface area contributed by atoms with Crippen LogP contribution in [0.4, 0.5) is 0 Å². The highest BCUT2D eigenvalue weighted by atomic mass is 28.4. The van der Waals surface area contributed by atoms with E-state index in [1.54, 1.807) is 7.11 Å². The van der Waals surface area contributed by atoms with Gasteiger partial charge >= 0.3 is 5.97 Å². The number of rotatable bonds is 12. The first kappa shape index (κ1) is 18.5. The normalized spacial score (nSPS) is 11.6. The first-order valence-corrected chi connectivity index (χ1v) is 9.80. The number of hydrogen-bond acceptors (Lipinski definition) is 6. The van der Waals surface area contributed by atoms with E-state index in [4.69, 9.17) is 23.4 Å². The highest BCUT2D eigenvalue weighted by molar-refractivity contribution is 6.71. The molecule has 0 unspecified atom stereocenters. The number of hydrogen-bond donors (Lipinski definition) is 0. The maximum atomic E-state index is 11.3. The highest BCUT2D eigenvalue weighted by Gasteiger charge is 2.19. The third kappa shape index (κ3) is 15.5. The maximum Gasteiger partial charge on any atom is 0.318 e. The lowest BCUT2D eigenvalue weighted by atomic mass is 10.7. The van der Waals surface area contributed by atoms with Gasteiger partial charge in [-0.1, -0.05) is 0 Å². The predicted molar refractivity (Wildman–Crippen MR) is 73.8 cm³/mol. The molecule has 0 bridgehead atoms. The van der Waals surface area contributed by atoms with Crippen molar-refractivity contribution in [1.82, 2.24) is 0 Å². The Hall–Kier alpha value is -0.473. The Morgan fingerprint density at radius 3 is 1.79 bits per heavy atom. The van der Waals surface area contributed by atoms with Crippen molar-refractivity contribution in [3.63, 3.8) is 0 Å². The number of methoxy groups -OCH3 is 1. The second-order valence-electron chi connectivity index (χ2n) is 4.86. The molecule has 7 heteroatoms. The van der Waals surface area contributed by atoms with E-state index in [0.29, 0.717) is 39.6 Å². The molecule has 6 nitrogen and oxygen atoms in total. The SMILES string of the molecule is COCCOCCOCCOCC(=O)O[Si](C)(C)C. The number of carbonyl (C=O) groups excluding carboxylic acids is 1. The van der Waals surface area contributed by atoms with E-state index in [9.17, 15) is 4.79 Å². The molecule has 0 atom stereocenters. The standard InChI is InChI=1S/C12H26O6Si/c1-14-5-6-15-7-8-16-9-10-17-11-12(13)18-19(2,3)4/h5-11H2,1-4H3. The average Bonchev–Trinajstić information content (AvgIpc) is 2.29. The largest absolute Gasteiger partial charge is 0.518 e. The van der Waals surface area contributed by atoms with Crippen LogP contribution in [0.5, 0.6) is 0 Å². The molecule has 0 aromatic carbocycles. The Kier molecular flexibility index (Phi) is 11.1. The van der Waals surface area contributed by atoms with E-state index in [1.165, 1.54) is 0 Å². The van der Waals surface area contributed by atoms with Crippen molar-refractivity contribution in [2.75, 3.05) is 53.4 Å². The van der Waals surface area contributed by atoms with Gasteiger partial charge in [0.2, 0.25) is 8.32 Å². The zero-order valence-corrected chi connectivity index (χ0v) is 13.4. The van der Waals surface area contributed by atoms with Crippen molar-refractivity contribution in [1.29, 1.82) is 0 Å². The molecule has 0 fully saturated rings. The fourth-order valence-electron chi connectivity index (χ4n) is 1.11. The van der Waals surface area contributed by atoms with E-state index in [2.05, 4.69) is 0 Å². The average molecular weight is 294 g/mol. The summed E-state index contributed by atoms with van der Waals surface area (Å²) in [5.74, 6) is -0.304. The van der Waals surface area contributed by atoms with Crippen LogP contribution in [-0.2, 0) is 28.2 Å². The van der Waals surface area contributed by atoms with Crippen LogP contribution in [-0.4, -0.2) is 67.6 Å². The highest BCUT2D eigenvalue weighted by Crippen LogP contribution is 2.02. The molecule has 0 saturated heterocycles. The van der Waals surface area contributed by atoms with Crippen LogP contribution >= 0.6 is 0 Å². The predicted octanol–water partition coefficient (Wildman–Crippen LogP) is 1.06. The minimum atomic E-state index is -1.81. The molecule has 0 heterocycles. The monoisotopic (exact) mass is 294 g/mol. The zero-order valence-electron chi connectivity index (χ0n) is 12.4. The van der Waals surface area contributed by atoms with Gasteiger partial charge in [0.25, 0.3) is 0 Å². The molecule has 0 N–H and O–H groups in total. The fraction of sp³-hybridized carbons (Fsp3) is 0.917. The molecule has 0 aromatic rings. The topological polar surface area (TPSA) is 63.2 Å². The van der Waals surface area contributed by atoms with E-state index < -0.39 is 8.32 Å². The molecule has 0 saturated carbocycles. The number of carbonyl (C=O) groups is 1.